The molecule has 0 amide bonds. The number of rotatable bonds is 5. The van der Waals surface area contributed by atoms with Gasteiger partial charge in [-0.15, -0.1) is 0 Å². The molecule has 0 saturated heterocycles. The molecule has 4 aromatic rings. The van der Waals surface area contributed by atoms with Gasteiger partial charge in [-0.05, 0) is 73.5 Å². The normalized spacial score (nSPS) is 10.3. The Hall–Kier alpha value is -3.37. The molecule has 0 aliphatic rings. The first-order valence-corrected chi connectivity index (χ1v) is 13.2. The minimum absolute atomic E-state index is 0.244. The summed E-state index contributed by atoms with van der Waals surface area (Å²) in [4.78, 5) is 0.530. The predicted octanol–water partition coefficient (Wildman–Crippen LogP) is 8.65. The molecule has 0 saturated carbocycles. The summed E-state index contributed by atoms with van der Waals surface area (Å²) in [5, 5.41) is 0. The van der Waals surface area contributed by atoms with E-state index in [1.807, 2.05) is 58.9 Å². The number of hydrogen-bond acceptors (Lipinski definition) is 3. The molecule has 3 nitrogen and oxygen atoms in total. The molecule has 0 bridgehead atoms. The fourth-order valence-corrected chi connectivity index (χ4v) is 4.40. The van der Waals surface area contributed by atoms with Crippen molar-refractivity contribution < 1.29 is 13.2 Å². The molecule has 0 aliphatic heterocycles. The number of hydrogen-bond donors (Lipinski definition) is 0. The molecule has 0 spiro atoms. The maximum Gasteiger partial charge on any atom is 0.206 e. The lowest BCUT2D eigenvalue weighted by Crippen LogP contribution is -2.01. The van der Waals surface area contributed by atoms with Crippen LogP contribution >= 0.6 is 0 Å². The molecular formula is C30H34O3S. The van der Waals surface area contributed by atoms with Crippen molar-refractivity contribution in [2.45, 2.75) is 51.3 Å². The third-order valence-corrected chi connectivity index (χ3v) is 6.73. The maximum absolute atomic E-state index is 12.8. The van der Waals surface area contributed by atoms with Gasteiger partial charge in [-0.3, -0.25) is 0 Å². The highest BCUT2D eigenvalue weighted by Gasteiger charge is 2.17. The van der Waals surface area contributed by atoms with Gasteiger partial charge in [-0.2, -0.15) is 0 Å². The SMILES string of the molecule is CC.CC.Cc1ccc(-c2ccc(Oc3ccc(S(=O)(=O)c4ccc(C)cc4)cc3)cc2)cc1. The summed E-state index contributed by atoms with van der Waals surface area (Å²) in [7, 11) is -3.54. The molecule has 4 rings (SSSR count). The first-order valence-electron chi connectivity index (χ1n) is 11.7. The number of benzene rings is 4. The van der Waals surface area contributed by atoms with Crippen molar-refractivity contribution in [2.24, 2.45) is 0 Å². The molecule has 0 unspecified atom stereocenters. The second-order valence-electron chi connectivity index (χ2n) is 7.28. The van der Waals surface area contributed by atoms with Crippen LogP contribution in [0.25, 0.3) is 11.1 Å². The summed E-state index contributed by atoms with van der Waals surface area (Å²) in [6, 6.07) is 29.6. The topological polar surface area (TPSA) is 43.4 Å². The number of sulfone groups is 1. The molecule has 0 radical (unpaired) electrons. The predicted molar refractivity (Wildman–Crippen MR) is 142 cm³/mol. The van der Waals surface area contributed by atoms with E-state index in [1.165, 1.54) is 5.56 Å². The monoisotopic (exact) mass is 474 g/mol. The fraction of sp³-hybridized carbons (Fsp3) is 0.200. The van der Waals surface area contributed by atoms with Gasteiger partial charge >= 0.3 is 0 Å². The average Bonchev–Trinajstić information content (AvgIpc) is 2.88. The van der Waals surface area contributed by atoms with E-state index in [-0.39, 0.29) is 9.79 Å². The Bertz CT molecular complexity index is 1240. The van der Waals surface area contributed by atoms with E-state index >= 15 is 0 Å². The van der Waals surface area contributed by atoms with Crippen LogP contribution in [-0.2, 0) is 9.84 Å². The second-order valence-corrected chi connectivity index (χ2v) is 9.23. The van der Waals surface area contributed by atoms with Crippen LogP contribution in [-0.4, -0.2) is 8.42 Å². The molecule has 0 aromatic heterocycles. The second kappa shape index (κ2) is 12.8. The molecule has 34 heavy (non-hydrogen) atoms. The lowest BCUT2D eigenvalue weighted by atomic mass is 10.0. The summed E-state index contributed by atoms with van der Waals surface area (Å²) in [5.74, 6) is 1.28. The quantitative estimate of drug-likeness (QED) is 0.291. The number of ether oxygens (including phenoxy) is 1. The van der Waals surface area contributed by atoms with Gasteiger partial charge in [-0.1, -0.05) is 87.4 Å². The Morgan fingerprint density at radius 1 is 0.471 bits per heavy atom. The molecule has 0 aliphatic carbocycles. The summed E-state index contributed by atoms with van der Waals surface area (Å²) in [6.07, 6.45) is 0. The van der Waals surface area contributed by atoms with Gasteiger partial charge in [0.25, 0.3) is 0 Å². The molecule has 4 heteroatoms. The van der Waals surface area contributed by atoms with E-state index < -0.39 is 9.84 Å². The van der Waals surface area contributed by atoms with Crippen LogP contribution in [0.2, 0.25) is 0 Å². The van der Waals surface area contributed by atoms with Gasteiger partial charge < -0.3 is 4.74 Å². The zero-order valence-electron chi connectivity index (χ0n) is 20.9. The Balaban J connectivity index is 0.000000970. The van der Waals surface area contributed by atoms with Gasteiger partial charge in [0.05, 0.1) is 9.79 Å². The van der Waals surface area contributed by atoms with Crippen LogP contribution in [0.5, 0.6) is 11.5 Å². The highest BCUT2D eigenvalue weighted by Crippen LogP contribution is 2.28. The highest BCUT2D eigenvalue weighted by atomic mass is 32.2. The van der Waals surface area contributed by atoms with Gasteiger partial charge in [0.15, 0.2) is 0 Å². The summed E-state index contributed by atoms with van der Waals surface area (Å²) >= 11 is 0. The van der Waals surface area contributed by atoms with Crippen LogP contribution in [0.3, 0.4) is 0 Å². The van der Waals surface area contributed by atoms with Gasteiger partial charge in [0, 0.05) is 0 Å². The van der Waals surface area contributed by atoms with Crippen LogP contribution in [0.4, 0.5) is 0 Å². The summed E-state index contributed by atoms with van der Waals surface area (Å²) in [5.41, 5.74) is 4.51. The van der Waals surface area contributed by atoms with Crippen molar-refractivity contribution in [3.05, 3.63) is 108 Å². The lowest BCUT2D eigenvalue weighted by molar-refractivity contribution is 0.482. The van der Waals surface area contributed by atoms with E-state index in [4.69, 9.17) is 4.74 Å². The van der Waals surface area contributed by atoms with Crippen molar-refractivity contribution in [1.82, 2.24) is 0 Å². The highest BCUT2D eigenvalue weighted by molar-refractivity contribution is 7.91. The van der Waals surface area contributed by atoms with E-state index in [2.05, 4.69) is 31.2 Å². The summed E-state index contributed by atoms with van der Waals surface area (Å²) in [6.45, 7) is 12.0. The molecule has 178 valence electrons. The minimum atomic E-state index is -3.54. The first kappa shape index (κ1) is 26.9. The van der Waals surface area contributed by atoms with Crippen molar-refractivity contribution in [2.75, 3.05) is 0 Å². The van der Waals surface area contributed by atoms with Gasteiger partial charge in [0.1, 0.15) is 11.5 Å². The maximum atomic E-state index is 12.8. The smallest absolute Gasteiger partial charge is 0.206 e. The number of aryl methyl sites for hydroxylation is 2. The molecule has 0 atom stereocenters. The molecule has 0 heterocycles. The first-order chi connectivity index (χ1) is 16.4. The standard InChI is InChI=1S/C26H22O3S.2C2H6/c1-19-3-7-21(8-4-19)22-9-11-23(12-10-22)29-24-13-17-26(18-14-24)30(27,28)25-15-5-20(2)6-16-25;2*1-2/h3-18H,1-2H3;2*1-2H3. The summed E-state index contributed by atoms with van der Waals surface area (Å²) < 4.78 is 31.4. The van der Waals surface area contributed by atoms with E-state index in [9.17, 15) is 8.42 Å². The largest absolute Gasteiger partial charge is 0.457 e. The lowest BCUT2D eigenvalue weighted by Gasteiger charge is -2.09. The van der Waals surface area contributed by atoms with Crippen LogP contribution in [0.1, 0.15) is 38.8 Å². The van der Waals surface area contributed by atoms with Crippen LogP contribution in [0.15, 0.2) is 107 Å². The zero-order chi connectivity index (χ0) is 25.1. The van der Waals surface area contributed by atoms with Crippen molar-refractivity contribution in [3.8, 4) is 22.6 Å². The van der Waals surface area contributed by atoms with Crippen LogP contribution < -0.4 is 4.74 Å². The van der Waals surface area contributed by atoms with E-state index in [0.717, 1.165) is 16.7 Å². The van der Waals surface area contributed by atoms with Gasteiger partial charge in [-0.25, -0.2) is 8.42 Å². The van der Waals surface area contributed by atoms with Gasteiger partial charge in [0.2, 0.25) is 9.84 Å². The van der Waals surface area contributed by atoms with Crippen molar-refractivity contribution in [1.29, 1.82) is 0 Å². The molecular weight excluding hydrogens is 440 g/mol. The third-order valence-electron chi connectivity index (χ3n) is 4.94. The van der Waals surface area contributed by atoms with E-state index in [0.29, 0.717) is 11.5 Å². The Morgan fingerprint density at radius 2 is 0.765 bits per heavy atom. The minimum Gasteiger partial charge on any atom is -0.457 e. The third kappa shape index (κ3) is 6.82. The molecule has 0 N–H and O–H groups in total. The van der Waals surface area contributed by atoms with Crippen LogP contribution in [0, 0.1) is 13.8 Å². The Kier molecular flexibility index (Phi) is 10.1. The molecule has 4 aromatic carbocycles. The van der Waals surface area contributed by atoms with Crippen molar-refractivity contribution in [3.63, 3.8) is 0 Å². The van der Waals surface area contributed by atoms with E-state index in [1.54, 1.807) is 48.5 Å². The Morgan fingerprint density at radius 3 is 1.18 bits per heavy atom. The fourth-order valence-electron chi connectivity index (χ4n) is 3.14. The Labute approximate surface area is 205 Å². The zero-order valence-corrected chi connectivity index (χ0v) is 21.7. The average molecular weight is 475 g/mol. The molecule has 0 fully saturated rings. The van der Waals surface area contributed by atoms with Crippen molar-refractivity contribution >= 4 is 9.84 Å².